The third kappa shape index (κ3) is 11.2. The van der Waals surface area contributed by atoms with Gasteiger partial charge in [0.05, 0.1) is 6.10 Å². The van der Waals surface area contributed by atoms with E-state index in [2.05, 4.69) is 41.4 Å². The summed E-state index contributed by atoms with van der Waals surface area (Å²) in [6, 6.07) is 0. The molecule has 0 aliphatic heterocycles. The number of ether oxygens (including phenoxy) is 1. The molecule has 0 saturated carbocycles. The van der Waals surface area contributed by atoms with Gasteiger partial charge in [-0.1, -0.05) is 36.7 Å². The van der Waals surface area contributed by atoms with Crippen molar-refractivity contribution in [1.82, 2.24) is 9.44 Å². The zero-order chi connectivity index (χ0) is 15.3. The molecule has 0 aromatic rings. The number of rotatable bonds is 6. The van der Waals surface area contributed by atoms with E-state index < -0.39 is 16.3 Å². The quantitative estimate of drug-likeness (QED) is 0.712. The lowest BCUT2D eigenvalue weighted by Crippen LogP contribution is -2.43. The second-order valence-corrected chi connectivity index (χ2v) is 8.56. The van der Waals surface area contributed by atoms with Crippen LogP contribution < -0.4 is 9.44 Å². The summed E-state index contributed by atoms with van der Waals surface area (Å²) in [5.41, 5.74) is 0.0869. The summed E-state index contributed by atoms with van der Waals surface area (Å²) in [6.07, 6.45) is -0.559. The lowest BCUT2D eigenvalue weighted by molar-refractivity contribution is 0.121. The van der Waals surface area contributed by atoms with Gasteiger partial charge in [0.15, 0.2) is 0 Å². The third-order valence-electron chi connectivity index (χ3n) is 1.89. The Labute approximate surface area is 124 Å². The summed E-state index contributed by atoms with van der Waals surface area (Å²) < 4.78 is 31.9. The van der Waals surface area contributed by atoms with E-state index in [-0.39, 0.29) is 22.9 Å². The topological polar surface area (TPSA) is 84.5 Å². The third-order valence-corrected chi connectivity index (χ3v) is 3.52. The van der Waals surface area contributed by atoms with Gasteiger partial charge in [0.2, 0.25) is 0 Å². The molecule has 0 aromatic heterocycles. The molecule has 2 N–H and O–H groups in total. The van der Waals surface area contributed by atoms with Crippen molar-refractivity contribution in [2.45, 2.75) is 52.0 Å². The minimum absolute atomic E-state index is 0.00908. The van der Waals surface area contributed by atoms with E-state index in [0.29, 0.717) is 0 Å². The Morgan fingerprint density at radius 1 is 1.32 bits per heavy atom. The minimum Gasteiger partial charge on any atom is -0.446 e. The first-order valence-electron chi connectivity index (χ1n) is 6.03. The van der Waals surface area contributed by atoms with E-state index in [9.17, 15) is 13.2 Å². The van der Waals surface area contributed by atoms with E-state index in [1.165, 1.54) is 0 Å². The first kappa shape index (κ1) is 18.7. The normalized spacial score (nSPS) is 14.3. The molecule has 0 spiro atoms. The largest absolute Gasteiger partial charge is 0.446 e. The fourth-order valence-corrected chi connectivity index (χ4v) is 3.43. The highest BCUT2D eigenvalue weighted by Crippen LogP contribution is 2.24. The van der Waals surface area contributed by atoms with Gasteiger partial charge in [-0.15, -0.1) is 0 Å². The number of nitrogens with one attached hydrogen (secondary N) is 2. The Balaban J connectivity index is 4.21. The number of carbonyl (C=O) groups excluding carboxylic acids is 1. The standard InChI is InChI=1S/C11H23BrN2O4S/c1-8(2)18-10(15)14-19(16,17)13-7-9(12)6-11(3,4)5/h8-9,13H,6-7H2,1-5H3,(H,14,15). The fraction of sp³-hybridized carbons (Fsp3) is 0.909. The number of alkyl halides is 1. The van der Waals surface area contributed by atoms with Gasteiger partial charge >= 0.3 is 16.3 Å². The van der Waals surface area contributed by atoms with Crippen LogP contribution in [0, 0.1) is 5.41 Å². The Hall–Kier alpha value is -0.340. The van der Waals surface area contributed by atoms with Crippen LogP contribution in [0.4, 0.5) is 4.79 Å². The Bertz CT molecular complexity index is 390. The van der Waals surface area contributed by atoms with E-state index in [4.69, 9.17) is 4.74 Å². The lowest BCUT2D eigenvalue weighted by Gasteiger charge is -2.22. The molecule has 0 aromatic carbocycles. The second-order valence-electron chi connectivity index (χ2n) is 5.77. The predicted octanol–water partition coefficient (Wildman–Crippen LogP) is 2.16. The molecule has 0 aliphatic carbocycles. The molecule has 6 nitrogen and oxygen atoms in total. The average molecular weight is 359 g/mol. The molecule has 1 unspecified atom stereocenters. The smallest absolute Gasteiger partial charge is 0.422 e. The van der Waals surface area contributed by atoms with Crippen LogP contribution in [0.15, 0.2) is 0 Å². The number of amides is 1. The van der Waals surface area contributed by atoms with Gasteiger partial charge in [-0.3, -0.25) is 0 Å². The van der Waals surface area contributed by atoms with Gasteiger partial charge in [0.1, 0.15) is 0 Å². The Morgan fingerprint density at radius 3 is 2.26 bits per heavy atom. The first-order chi connectivity index (χ1) is 8.41. The molecule has 8 heteroatoms. The molecule has 114 valence electrons. The van der Waals surface area contributed by atoms with Gasteiger partial charge in [-0.2, -0.15) is 13.1 Å². The van der Waals surface area contributed by atoms with Crippen LogP contribution in [-0.4, -0.2) is 32.0 Å². The molecule has 1 amide bonds. The van der Waals surface area contributed by atoms with Gasteiger partial charge in [-0.05, 0) is 25.7 Å². The molecule has 0 aliphatic rings. The molecule has 1 atom stereocenters. The van der Waals surface area contributed by atoms with Crippen molar-refractivity contribution in [1.29, 1.82) is 0 Å². The first-order valence-corrected chi connectivity index (χ1v) is 8.43. The lowest BCUT2D eigenvalue weighted by atomic mass is 9.91. The molecule has 0 rings (SSSR count). The SMILES string of the molecule is CC(C)OC(=O)NS(=O)(=O)NCC(Br)CC(C)(C)C. The van der Waals surface area contributed by atoms with Crippen molar-refractivity contribution >= 4 is 32.2 Å². The van der Waals surface area contributed by atoms with Crippen LogP contribution in [0.1, 0.15) is 41.0 Å². The van der Waals surface area contributed by atoms with Crippen molar-refractivity contribution in [3.8, 4) is 0 Å². The van der Waals surface area contributed by atoms with Crippen LogP contribution in [0.25, 0.3) is 0 Å². The Morgan fingerprint density at radius 2 is 1.84 bits per heavy atom. The summed E-state index contributed by atoms with van der Waals surface area (Å²) in [5.74, 6) is 0. The molecule has 0 bridgehead atoms. The van der Waals surface area contributed by atoms with Crippen LogP contribution in [0.5, 0.6) is 0 Å². The van der Waals surface area contributed by atoms with Crippen LogP contribution in [0.2, 0.25) is 0 Å². The molecule has 0 heterocycles. The zero-order valence-corrected chi connectivity index (χ0v) is 14.4. The number of hydrogen-bond donors (Lipinski definition) is 2. The summed E-state index contributed by atoms with van der Waals surface area (Å²) in [5, 5.41) is 0. The minimum atomic E-state index is -3.88. The van der Waals surface area contributed by atoms with Crippen LogP contribution in [0.3, 0.4) is 0 Å². The van der Waals surface area contributed by atoms with E-state index >= 15 is 0 Å². The van der Waals surface area contributed by atoms with Crippen molar-refractivity contribution in [3.05, 3.63) is 0 Å². The number of carbonyl (C=O) groups is 1. The Kier molecular flexibility index (Phi) is 7.31. The summed E-state index contributed by atoms with van der Waals surface area (Å²) in [4.78, 5) is 11.2. The van der Waals surface area contributed by atoms with Crippen molar-refractivity contribution in [2.75, 3.05) is 6.54 Å². The molecular weight excluding hydrogens is 336 g/mol. The van der Waals surface area contributed by atoms with Crippen LogP contribution in [-0.2, 0) is 14.9 Å². The van der Waals surface area contributed by atoms with Gasteiger partial charge in [0.25, 0.3) is 0 Å². The molecule has 0 radical (unpaired) electrons. The highest BCUT2D eigenvalue weighted by atomic mass is 79.9. The van der Waals surface area contributed by atoms with Gasteiger partial charge < -0.3 is 4.74 Å². The summed E-state index contributed by atoms with van der Waals surface area (Å²) in [7, 11) is -3.88. The predicted molar refractivity (Wildman–Crippen MR) is 78.5 cm³/mol. The number of hydrogen-bond acceptors (Lipinski definition) is 4. The van der Waals surface area contributed by atoms with E-state index in [0.717, 1.165) is 6.42 Å². The van der Waals surface area contributed by atoms with Crippen molar-refractivity contribution in [3.63, 3.8) is 0 Å². The highest BCUT2D eigenvalue weighted by molar-refractivity contribution is 9.09. The molecular formula is C11H23BrN2O4S. The highest BCUT2D eigenvalue weighted by Gasteiger charge is 2.20. The summed E-state index contributed by atoms with van der Waals surface area (Å²) >= 11 is 3.40. The average Bonchev–Trinajstić information content (AvgIpc) is 2.09. The molecule has 0 fully saturated rings. The maximum Gasteiger partial charge on any atom is 0.422 e. The monoisotopic (exact) mass is 358 g/mol. The molecule has 19 heavy (non-hydrogen) atoms. The summed E-state index contributed by atoms with van der Waals surface area (Å²) in [6.45, 7) is 9.66. The van der Waals surface area contributed by atoms with Crippen molar-refractivity contribution < 1.29 is 17.9 Å². The van der Waals surface area contributed by atoms with Gasteiger partial charge in [0, 0.05) is 11.4 Å². The second kappa shape index (κ2) is 7.44. The van der Waals surface area contributed by atoms with Crippen molar-refractivity contribution in [2.24, 2.45) is 5.41 Å². The fourth-order valence-electron chi connectivity index (χ4n) is 1.32. The maximum absolute atomic E-state index is 11.5. The molecule has 0 saturated heterocycles. The van der Waals surface area contributed by atoms with Crippen LogP contribution >= 0.6 is 15.9 Å². The van der Waals surface area contributed by atoms with E-state index in [1.54, 1.807) is 18.6 Å². The van der Waals surface area contributed by atoms with Gasteiger partial charge in [-0.25, -0.2) is 9.52 Å². The number of halogens is 1. The maximum atomic E-state index is 11.5. The van der Waals surface area contributed by atoms with E-state index in [1.807, 2.05) is 0 Å². The zero-order valence-electron chi connectivity index (χ0n) is 12.0.